The Morgan fingerprint density at radius 1 is 1.05 bits per heavy atom. The SMILES string of the molecule is c1ccc(-c2noc(-c3cc(-c4ccco4)n[nH]3)n2)nc1. The molecular formula is C14H9N5O2. The van der Waals surface area contributed by atoms with Gasteiger partial charge in [-0.15, -0.1) is 0 Å². The summed E-state index contributed by atoms with van der Waals surface area (Å²) in [6.07, 6.45) is 3.27. The Bertz CT molecular complexity index is 849. The highest BCUT2D eigenvalue weighted by molar-refractivity contribution is 5.61. The summed E-state index contributed by atoms with van der Waals surface area (Å²) in [6, 6.07) is 10.9. The molecule has 4 aromatic heterocycles. The number of aromatic nitrogens is 5. The van der Waals surface area contributed by atoms with E-state index in [9.17, 15) is 0 Å². The van der Waals surface area contributed by atoms with Crippen molar-refractivity contribution in [2.45, 2.75) is 0 Å². The topological polar surface area (TPSA) is 93.6 Å². The highest BCUT2D eigenvalue weighted by Gasteiger charge is 2.15. The van der Waals surface area contributed by atoms with Crippen molar-refractivity contribution in [3.05, 3.63) is 48.9 Å². The third-order valence-electron chi connectivity index (χ3n) is 2.90. The Kier molecular flexibility index (Phi) is 2.60. The van der Waals surface area contributed by atoms with Crippen LogP contribution in [0, 0.1) is 0 Å². The maximum atomic E-state index is 5.28. The number of furan rings is 1. The van der Waals surface area contributed by atoms with Gasteiger partial charge in [-0.25, -0.2) is 0 Å². The van der Waals surface area contributed by atoms with Gasteiger partial charge in [0.1, 0.15) is 17.1 Å². The van der Waals surface area contributed by atoms with Crippen LogP contribution in [-0.4, -0.2) is 25.3 Å². The summed E-state index contributed by atoms with van der Waals surface area (Å²) < 4.78 is 10.5. The lowest BCUT2D eigenvalue weighted by molar-refractivity contribution is 0.430. The maximum absolute atomic E-state index is 5.28. The molecule has 0 amide bonds. The molecule has 4 heterocycles. The quantitative estimate of drug-likeness (QED) is 0.619. The van der Waals surface area contributed by atoms with Crippen LogP contribution >= 0.6 is 0 Å². The largest absolute Gasteiger partial charge is 0.463 e. The summed E-state index contributed by atoms with van der Waals surface area (Å²) >= 11 is 0. The molecule has 1 N–H and O–H groups in total. The Hall–Kier alpha value is -3.22. The van der Waals surface area contributed by atoms with Gasteiger partial charge in [0.05, 0.1) is 6.26 Å². The third kappa shape index (κ3) is 2.10. The summed E-state index contributed by atoms with van der Waals surface area (Å²) in [5.74, 6) is 1.45. The molecule has 7 nitrogen and oxygen atoms in total. The highest BCUT2D eigenvalue weighted by Crippen LogP contribution is 2.24. The van der Waals surface area contributed by atoms with Crippen molar-refractivity contribution in [1.82, 2.24) is 25.3 Å². The molecule has 0 bridgehead atoms. The van der Waals surface area contributed by atoms with Crippen LogP contribution in [-0.2, 0) is 0 Å². The molecule has 0 unspecified atom stereocenters. The molecular weight excluding hydrogens is 270 g/mol. The van der Waals surface area contributed by atoms with E-state index in [1.165, 1.54) is 0 Å². The second-order valence-electron chi connectivity index (χ2n) is 4.28. The fraction of sp³-hybridized carbons (Fsp3) is 0. The summed E-state index contributed by atoms with van der Waals surface area (Å²) in [6.45, 7) is 0. The Labute approximate surface area is 118 Å². The molecule has 21 heavy (non-hydrogen) atoms. The molecule has 0 aromatic carbocycles. The Morgan fingerprint density at radius 2 is 2.05 bits per heavy atom. The van der Waals surface area contributed by atoms with Crippen molar-refractivity contribution < 1.29 is 8.94 Å². The standard InChI is InChI=1S/C14H9N5O2/c1-2-6-15-9(4-1)13-16-14(21-19-13)11-8-10(17-18-11)12-5-3-7-20-12/h1-8H,(H,17,18). The number of hydrogen-bond donors (Lipinski definition) is 1. The van der Waals surface area contributed by atoms with E-state index < -0.39 is 0 Å². The molecule has 0 aliphatic heterocycles. The molecule has 0 saturated heterocycles. The number of nitrogens with one attached hydrogen (secondary N) is 1. The van der Waals surface area contributed by atoms with Crippen molar-refractivity contribution in [3.63, 3.8) is 0 Å². The van der Waals surface area contributed by atoms with Crippen LogP contribution < -0.4 is 0 Å². The number of hydrogen-bond acceptors (Lipinski definition) is 6. The van der Waals surface area contributed by atoms with Crippen molar-refractivity contribution in [2.75, 3.05) is 0 Å². The first-order chi connectivity index (χ1) is 10.4. The van der Waals surface area contributed by atoms with Gasteiger partial charge in [0.2, 0.25) is 5.82 Å². The third-order valence-corrected chi connectivity index (χ3v) is 2.90. The van der Waals surface area contributed by atoms with Crippen molar-refractivity contribution in [3.8, 4) is 34.6 Å². The average Bonchev–Trinajstić information content (AvgIpc) is 3.27. The van der Waals surface area contributed by atoms with Gasteiger partial charge in [-0.2, -0.15) is 10.1 Å². The van der Waals surface area contributed by atoms with Crippen LogP contribution in [0.5, 0.6) is 0 Å². The average molecular weight is 279 g/mol. The molecule has 0 aliphatic carbocycles. The zero-order valence-corrected chi connectivity index (χ0v) is 10.7. The van der Waals surface area contributed by atoms with Gasteiger partial charge in [-0.1, -0.05) is 11.2 Å². The van der Waals surface area contributed by atoms with Crippen molar-refractivity contribution >= 4 is 0 Å². The number of nitrogens with zero attached hydrogens (tertiary/aromatic N) is 4. The van der Waals surface area contributed by atoms with Gasteiger partial charge in [0.15, 0.2) is 5.76 Å². The summed E-state index contributed by atoms with van der Waals surface area (Å²) in [5.41, 5.74) is 1.95. The lowest BCUT2D eigenvalue weighted by Gasteiger charge is -1.89. The number of H-pyrrole nitrogens is 1. The van der Waals surface area contributed by atoms with Crippen LogP contribution in [0.25, 0.3) is 34.6 Å². The van der Waals surface area contributed by atoms with Crippen LogP contribution in [0.1, 0.15) is 0 Å². The molecule has 102 valence electrons. The monoisotopic (exact) mass is 279 g/mol. The normalized spacial score (nSPS) is 10.9. The zero-order chi connectivity index (χ0) is 14.1. The molecule has 0 aliphatic rings. The minimum absolute atomic E-state index is 0.348. The molecule has 0 fully saturated rings. The van der Waals surface area contributed by atoms with E-state index >= 15 is 0 Å². The molecule has 4 rings (SSSR count). The molecule has 0 atom stereocenters. The molecule has 0 spiro atoms. The zero-order valence-electron chi connectivity index (χ0n) is 10.7. The minimum atomic E-state index is 0.348. The first-order valence-corrected chi connectivity index (χ1v) is 6.25. The fourth-order valence-electron chi connectivity index (χ4n) is 1.91. The van der Waals surface area contributed by atoms with Crippen LogP contribution in [0.2, 0.25) is 0 Å². The van der Waals surface area contributed by atoms with Crippen molar-refractivity contribution in [2.24, 2.45) is 0 Å². The van der Waals surface area contributed by atoms with Gasteiger partial charge in [0.25, 0.3) is 5.89 Å². The van der Waals surface area contributed by atoms with Crippen LogP contribution in [0.3, 0.4) is 0 Å². The molecule has 7 heteroatoms. The van der Waals surface area contributed by atoms with Crippen LogP contribution in [0.15, 0.2) is 57.8 Å². The van der Waals surface area contributed by atoms with Crippen molar-refractivity contribution in [1.29, 1.82) is 0 Å². The lowest BCUT2D eigenvalue weighted by Crippen LogP contribution is -1.84. The predicted molar refractivity (Wildman–Crippen MR) is 72.8 cm³/mol. The lowest BCUT2D eigenvalue weighted by atomic mass is 10.3. The van der Waals surface area contributed by atoms with Gasteiger partial charge in [0, 0.05) is 12.3 Å². The summed E-state index contributed by atoms with van der Waals surface area (Å²) in [4.78, 5) is 8.48. The number of aromatic amines is 1. The summed E-state index contributed by atoms with van der Waals surface area (Å²) in [5, 5.41) is 10.9. The fourth-order valence-corrected chi connectivity index (χ4v) is 1.91. The van der Waals surface area contributed by atoms with Gasteiger partial charge in [-0.3, -0.25) is 10.1 Å². The maximum Gasteiger partial charge on any atom is 0.276 e. The second-order valence-corrected chi connectivity index (χ2v) is 4.28. The predicted octanol–water partition coefficient (Wildman–Crippen LogP) is 2.78. The first kappa shape index (κ1) is 11.6. The van der Waals surface area contributed by atoms with Gasteiger partial charge < -0.3 is 8.94 Å². The van der Waals surface area contributed by atoms with E-state index in [1.807, 2.05) is 24.3 Å². The highest BCUT2D eigenvalue weighted by atomic mass is 16.5. The van der Waals surface area contributed by atoms with Gasteiger partial charge >= 0.3 is 0 Å². The van der Waals surface area contributed by atoms with E-state index in [4.69, 9.17) is 8.94 Å². The van der Waals surface area contributed by atoms with E-state index in [2.05, 4.69) is 25.3 Å². The first-order valence-electron chi connectivity index (χ1n) is 6.25. The molecule has 0 radical (unpaired) electrons. The summed E-state index contributed by atoms with van der Waals surface area (Å²) in [7, 11) is 0. The second kappa shape index (κ2) is 4.71. The van der Waals surface area contributed by atoms with E-state index in [-0.39, 0.29) is 0 Å². The Balaban J connectivity index is 1.67. The Morgan fingerprint density at radius 3 is 2.86 bits per heavy atom. The van der Waals surface area contributed by atoms with E-state index in [0.717, 1.165) is 0 Å². The number of rotatable bonds is 3. The van der Waals surface area contributed by atoms with E-state index in [0.29, 0.717) is 34.6 Å². The smallest absolute Gasteiger partial charge is 0.276 e. The van der Waals surface area contributed by atoms with Crippen LogP contribution in [0.4, 0.5) is 0 Å². The molecule has 0 saturated carbocycles. The van der Waals surface area contributed by atoms with Gasteiger partial charge in [-0.05, 0) is 24.3 Å². The number of pyridine rings is 1. The molecule has 4 aromatic rings. The van der Waals surface area contributed by atoms with E-state index in [1.54, 1.807) is 24.6 Å². The minimum Gasteiger partial charge on any atom is -0.463 e.